The van der Waals surface area contributed by atoms with Crippen LogP contribution in [-0.2, 0) is 13.0 Å². The van der Waals surface area contributed by atoms with Gasteiger partial charge in [-0.15, -0.1) is 11.3 Å². The second-order valence-electron chi connectivity index (χ2n) is 2.69. The van der Waals surface area contributed by atoms with Crippen molar-refractivity contribution in [2.24, 2.45) is 0 Å². The summed E-state index contributed by atoms with van der Waals surface area (Å²) >= 11 is 3.05. The van der Waals surface area contributed by atoms with E-state index in [0.29, 0.717) is 0 Å². The van der Waals surface area contributed by atoms with Gasteiger partial charge in [0.15, 0.2) is 0 Å². The van der Waals surface area contributed by atoms with Crippen molar-refractivity contribution < 1.29 is 0 Å². The number of nitrogens with zero attached hydrogens (tertiary/aromatic N) is 3. The number of hydrogen-bond acceptors (Lipinski definition) is 6. The molecule has 0 amide bonds. The van der Waals surface area contributed by atoms with Crippen LogP contribution in [-0.4, -0.2) is 14.3 Å². The maximum atomic E-state index is 4.31. The smallest absolute Gasteiger partial charge is 0.202 e. The van der Waals surface area contributed by atoms with Gasteiger partial charge in [0.2, 0.25) is 5.13 Å². The van der Waals surface area contributed by atoms with E-state index in [2.05, 4.69) is 26.6 Å². The van der Waals surface area contributed by atoms with E-state index in [1.807, 2.05) is 11.7 Å². The average molecular weight is 226 g/mol. The molecule has 1 N–H and O–H groups in total. The Hall–Kier alpha value is -1.01. The van der Waals surface area contributed by atoms with Crippen LogP contribution in [0.25, 0.3) is 0 Å². The van der Waals surface area contributed by atoms with Crippen molar-refractivity contribution in [1.29, 1.82) is 0 Å². The molecule has 2 aromatic rings. The molecular formula is C8H10N4S2. The van der Waals surface area contributed by atoms with Crippen molar-refractivity contribution in [2.45, 2.75) is 19.9 Å². The lowest BCUT2D eigenvalue weighted by molar-refractivity contribution is 0.994. The van der Waals surface area contributed by atoms with E-state index in [1.165, 1.54) is 16.4 Å². The summed E-state index contributed by atoms with van der Waals surface area (Å²) in [6.45, 7) is 2.83. The van der Waals surface area contributed by atoms with Gasteiger partial charge in [0, 0.05) is 29.0 Å². The second kappa shape index (κ2) is 4.47. The van der Waals surface area contributed by atoms with Crippen LogP contribution in [0.3, 0.4) is 0 Å². The predicted molar refractivity (Wildman–Crippen MR) is 58.7 cm³/mol. The normalized spacial score (nSPS) is 10.4. The van der Waals surface area contributed by atoms with Gasteiger partial charge in [0.25, 0.3) is 0 Å². The molecule has 0 bridgehead atoms. The van der Waals surface area contributed by atoms with Crippen molar-refractivity contribution in [3.05, 3.63) is 22.4 Å². The van der Waals surface area contributed by atoms with E-state index in [4.69, 9.17) is 0 Å². The summed E-state index contributed by atoms with van der Waals surface area (Å²) in [6.07, 6.45) is 2.75. The molecule has 0 fully saturated rings. The van der Waals surface area contributed by atoms with E-state index >= 15 is 0 Å². The molecule has 6 heteroatoms. The number of anilines is 1. The molecule has 0 unspecified atom stereocenters. The van der Waals surface area contributed by atoms with Crippen molar-refractivity contribution in [3.63, 3.8) is 0 Å². The van der Waals surface area contributed by atoms with Crippen molar-refractivity contribution in [2.75, 3.05) is 5.32 Å². The molecule has 2 heterocycles. The van der Waals surface area contributed by atoms with Crippen LogP contribution < -0.4 is 5.32 Å². The molecule has 0 aliphatic heterocycles. The van der Waals surface area contributed by atoms with E-state index in [1.54, 1.807) is 11.3 Å². The van der Waals surface area contributed by atoms with Gasteiger partial charge in [-0.2, -0.15) is 4.37 Å². The number of nitrogens with one attached hydrogen (secondary N) is 1. The Bertz CT molecular complexity index is 382. The first-order chi connectivity index (χ1) is 6.88. The molecule has 14 heavy (non-hydrogen) atoms. The first-order valence-electron chi connectivity index (χ1n) is 4.32. The Kier molecular flexibility index (Phi) is 3.05. The van der Waals surface area contributed by atoms with Gasteiger partial charge in [-0.05, 0) is 0 Å². The van der Waals surface area contributed by atoms with Gasteiger partial charge in [-0.1, -0.05) is 6.92 Å². The molecule has 0 radical (unpaired) electrons. The zero-order valence-corrected chi connectivity index (χ0v) is 9.36. The van der Waals surface area contributed by atoms with Crippen LogP contribution in [0.4, 0.5) is 5.13 Å². The van der Waals surface area contributed by atoms with Gasteiger partial charge in [0.05, 0.1) is 12.1 Å². The third kappa shape index (κ3) is 2.27. The molecule has 0 atom stereocenters. The summed E-state index contributed by atoms with van der Waals surface area (Å²) in [4.78, 5) is 9.52. The van der Waals surface area contributed by atoms with Crippen molar-refractivity contribution >= 4 is 28.0 Å². The second-order valence-corrected chi connectivity index (χ2v) is 4.41. The number of aromatic nitrogens is 3. The summed E-state index contributed by atoms with van der Waals surface area (Å²) in [5.41, 5.74) is 1.83. The summed E-state index contributed by atoms with van der Waals surface area (Å²) in [5.74, 6) is 0.904. The third-order valence-corrected chi connectivity index (χ3v) is 3.17. The SMILES string of the molecule is CCc1nsc(NCc2cncs2)n1. The van der Waals surface area contributed by atoms with Gasteiger partial charge in [-0.3, -0.25) is 4.98 Å². The monoisotopic (exact) mass is 226 g/mol. The molecule has 0 aliphatic rings. The van der Waals surface area contributed by atoms with E-state index in [-0.39, 0.29) is 0 Å². The Labute approximate surface area is 90.2 Å². The molecule has 0 aromatic carbocycles. The molecule has 0 saturated carbocycles. The number of rotatable bonds is 4. The quantitative estimate of drug-likeness (QED) is 0.868. The van der Waals surface area contributed by atoms with Crippen molar-refractivity contribution in [1.82, 2.24) is 14.3 Å². The highest BCUT2D eigenvalue weighted by Crippen LogP contribution is 2.14. The van der Waals surface area contributed by atoms with Crippen LogP contribution in [0.1, 0.15) is 17.6 Å². The minimum Gasteiger partial charge on any atom is -0.355 e. The van der Waals surface area contributed by atoms with E-state index < -0.39 is 0 Å². The van der Waals surface area contributed by atoms with E-state index in [9.17, 15) is 0 Å². The lowest BCUT2D eigenvalue weighted by atomic mass is 10.5. The van der Waals surface area contributed by atoms with Gasteiger partial charge in [0.1, 0.15) is 5.82 Å². The maximum Gasteiger partial charge on any atom is 0.202 e. The van der Waals surface area contributed by atoms with E-state index in [0.717, 1.165) is 23.9 Å². The Morgan fingerprint density at radius 2 is 2.43 bits per heavy atom. The van der Waals surface area contributed by atoms with Gasteiger partial charge >= 0.3 is 0 Å². The van der Waals surface area contributed by atoms with Gasteiger partial charge in [-0.25, -0.2) is 4.98 Å². The van der Waals surface area contributed by atoms with Crippen LogP contribution in [0.2, 0.25) is 0 Å². The largest absolute Gasteiger partial charge is 0.355 e. The van der Waals surface area contributed by atoms with Crippen LogP contribution >= 0.6 is 22.9 Å². The fourth-order valence-corrected chi connectivity index (χ4v) is 2.14. The maximum absolute atomic E-state index is 4.31. The first kappa shape index (κ1) is 9.54. The summed E-state index contributed by atoms with van der Waals surface area (Å²) in [5, 5.41) is 4.10. The molecule has 0 spiro atoms. The molecule has 74 valence electrons. The number of aryl methyl sites for hydroxylation is 1. The topological polar surface area (TPSA) is 50.7 Å². The zero-order chi connectivity index (χ0) is 9.80. The fourth-order valence-electron chi connectivity index (χ4n) is 0.962. The molecule has 0 aliphatic carbocycles. The highest BCUT2D eigenvalue weighted by atomic mass is 32.1. The van der Waals surface area contributed by atoms with Crippen LogP contribution in [0, 0.1) is 0 Å². The molecule has 4 nitrogen and oxygen atoms in total. The van der Waals surface area contributed by atoms with Crippen molar-refractivity contribution in [3.8, 4) is 0 Å². The molecule has 0 saturated heterocycles. The minimum atomic E-state index is 0.781. The predicted octanol–water partition coefficient (Wildman–Crippen LogP) is 2.17. The molecular weight excluding hydrogens is 216 g/mol. The van der Waals surface area contributed by atoms with Crippen LogP contribution in [0.5, 0.6) is 0 Å². The Balaban J connectivity index is 1.92. The minimum absolute atomic E-state index is 0.781. The molecule has 2 aromatic heterocycles. The number of thiazole rings is 1. The Morgan fingerprint density at radius 3 is 3.07 bits per heavy atom. The highest BCUT2D eigenvalue weighted by Gasteiger charge is 2.01. The first-order valence-corrected chi connectivity index (χ1v) is 5.97. The Morgan fingerprint density at radius 1 is 1.50 bits per heavy atom. The summed E-state index contributed by atoms with van der Waals surface area (Å²) < 4.78 is 4.19. The third-order valence-electron chi connectivity index (χ3n) is 1.68. The molecule has 2 rings (SSSR count). The fraction of sp³-hybridized carbons (Fsp3) is 0.375. The highest BCUT2D eigenvalue weighted by molar-refractivity contribution is 7.10. The lowest BCUT2D eigenvalue weighted by Gasteiger charge is -1.96. The average Bonchev–Trinajstić information content (AvgIpc) is 2.86. The van der Waals surface area contributed by atoms with Gasteiger partial charge < -0.3 is 5.32 Å². The standard InChI is InChI=1S/C8H10N4S2/c1-2-7-11-8(14-12-7)10-4-6-3-9-5-13-6/h3,5H,2,4H2,1H3,(H,10,11,12). The zero-order valence-electron chi connectivity index (χ0n) is 7.73. The number of hydrogen-bond donors (Lipinski definition) is 1. The van der Waals surface area contributed by atoms with Crippen LogP contribution in [0.15, 0.2) is 11.7 Å². The lowest BCUT2D eigenvalue weighted by Crippen LogP contribution is -1.96. The summed E-state index contributed by atoms with van der Waals surface area (Å²) in [7, 11) is 0. The summed E-state index contributed by atoms with van der Waals surface area (Å²) in [6, 6.07) is 0.